The van der Waals surface area contributed by atoms with Gasteiger partial charge in [0.1, 0.15) is 5.76 Å². The summed E-state index contributed by atoms with van der Waals surface area (Å²) >= 11 is 1.34. The molecule has 2 amide bonds. The summed E-state index contributed by atoms with van der Waals surface area (Å²) in [6.45, 7) is 9.26. The van der Waals surface area contributed by atoms with Gasteiger partial charge in [-0.3, -0.25) is 4.90 Å². The number of aromatic nitrogens is 1. The predicted molar refractivity (Wildman–Crippen MR) is 102 cm³/mol. The third kappa shape index (κ3) is 4.14. The van der Waals surface area contributed by atoms with Crippen molar-refractivity contribution in [2.45, 2.75) is 26.6 Å². The van der Waals surface area contributed by atoms with E-state index in [2.05, 4.69) is 11.6 Å². The van der Waals surface area contributed by atoms with E-state index in [1.165, 1.54) is 23.5 Å². The molecular weight excluding hydrogens is 391 g/mol. The van der Waals surface area contributed by atoms with E-state index in [9.17, 15) is 18.0 Å². The molecular formula is C19H20F3N3O2S. The molecule has 3 rings (SSSR count). The van der Waals surface area contributed by atoms with Gasteiger partial charge in [0.15, 0.2) is 5.13 Å². The number of rotatable bonds is 6. The first kappa shape index (κ1) is 20.2. The van der Waals surface area contributed by atoms with Crippen molar-refractivity contribution < 1.29 is 22.7 Å². The number of benzene rings is 1. The number of hydrogen-bond acceptors (Lipinski definition) is 4. The monoisotopic (exact) mass is 411 g/mol. The number of halogens is 3. The van der Waals surface area contributed by atoms with Crippen LogP contribution in [0.25, 0.3) is 5.76 Å². The first-order valence-electron chi connectivity index (χ1n) is 8.72. The number of thiazole rings is 1. The molecule has 2 aromatic rings. The van der Waals surface area contributed by atoms with E-state index >= 15 is 0 Å². The molecule has 0 aliphatic carbocycles. The second kappa shape index (κ2) is 7.83. The van der Waals surface area contributed by atoms with Gasteiger partial charge in [-0.15, -0.1) is 0 Å². The van der Waals surface area contributed by atoms with Gasteiger partial charge < -0.3 is 9.64 Å². The summed E-state index contributed by atoms with van der Waals surface area (Å²) in [5.41, 5.74) is 0.683. The van der Waals surface area contributed by atoms with Crippen molar-refractivity contribution in [2.24, 2.45) is 0 Å². The molecule has 2 heterocycles. The maximum atomic E-state index is 12.7. The SMILES string of the molecule is C=C(OCC)c1sc(N2CCN(Cc3ccc(C(F)(F)F)cc3)C2=O)nc1C. The van der Waals surface area contributed by atoms with Crippen LogP contribution in [0.1, 0.15) is 28.6 Å². The fraction of sp³-hybridized carbons (Fsp3) is 0.368. The van der Waals surface area contributed by atoms with E-state index in [4.69, 9.17) is 4.74 Å². The van der Waals surface area contributed by atoms with E-state index < -0.39 is 11.7 Å². The molecule has 0 saturated carbocycles. The Morgan fingerprint density at radius 1 is 1.29 bits per heavy atom. The van der Waals surface area contributed by atoms with Gasteiger partial charge in [0, 0.05) is 19.6 Å². The van der Waals surface area contributed by atoms with Crippen LogP contribution in [0.15, 0.2) is 30.8 Å². The minimum atomic E-state index is -4.37. The highest BCUT2D eigenvalue weighted by atomic mass is 32.1. The van der Waals surface area contributed by atoms with Crippen molar-refractivity contribution in [3.63, 3.8) is 0 Å². The molecule has 1 saturated heterocycles. The predicted octanol–water partition coefficient (Wildman–Crippen LogP) is 4.92. The van der Waals surface area contributed by atoms with Crippen LogP contribution in [-0.4, -0.2) is 35.6 Å². The van der Waals surface area contributed by atoms with Crippen molar-refractivity contribution in [1.82, 2.24) is 9.88 Å². The smallest absolute Gasteiger partial charge is 0.416 e. The Kier molecular flexibility index (Phi) is 5.64. The lowest BCUT2D eigenvalue weighted by Gasteiger charge is -2.17. The van der Waals surface area contributed by atoms with Gasteiger partial charge in [-0.05, 0) is 31.5 Å². The van der Waals surface area contributed by atoms with Crippen LogP contribution in [0.4, 0.5) is 23.1 Å². The zero-order chi connectivity index (χ0) is 20.5. The Balaban J connectivity index is 1.70. The molecule has 0 radical (unpaired) electrons. The Labute approximate surface area is 165 Å². The summed E-state index contributed by atoms with van der Waals surface area (Å²) in [7, 11) is 0. The van der Waals surface area contributed by atoms with Gasteiger partial charge >= 0.3 is 12.2 Å². The van der Waals surface area contributed by atoms with Crippen molar-refractivity contribution in [2.75, 3.05) is 24.6 Å². The molecule has 5 nitrogen and oxygen atoms in total. The van der Waals surface area contributed by atoms with Crippen LogP contribution in [0.3, 0.4) is 0 Å². The molecule has 1 aromatic carbocycles. The molecule has 9 heteroatoms. The summed E-state index contributed by atoms with van der Waals surface area (Å²) in [6, 6.07) is 4.64. The number of alkyl halides is 3. The van der Waals surface area contributed by atoms with Crippen LogP contribution in [0.2, 0.25) is 0 Å². The number of aryl methyl sites for hydroxylation is 1. The van der Waals surface area contributed by atoms with E-state index in [1.807, 2.05) is 13.8 Å². The minimum Gasteiger partial charge on any atom is -0.493 e. The largest absolute Gasteiger partial charge is 0.493 e. The summed E-state index contributed by atoms with van der Waals surface area (Å²) in [5, 5.41) is 0.563. The summed E-state index contributed by atoms with van der Waals surface area (Å²) < 4.78 is 43.4. The van der Waals surface area contributed by atoms with Crippen molar-refractivity contribution in [3.05, 3.63) is 52.5 Å². The Morgan fingerprint density at radius 2 is 1.96 bits per heavy atom. The van der Waals surface area contributed by atoms with E-state index in [1.54, 1.807) is 9.80 Å². The van der Waals surface area contributed by atoms with Gasteiger partial charge in [0.2, 0.25) is 0 Å². The van der Waals surface area contributed by atoms with Crippen LogP contribution in [0, 0.1) is 6.92 Å². The molecule has 1 aliphatic rings. The third-order valence-electron chi connectivity index (χ3n) is 4.34. The number of carbonyl (C=O) groups is 1. The number of urea groups is 1. The standard InChI is InChI=1S/C19H20F3N3O2S/c1-4-27-13(3)16-12(2)23-17(28-16)25-10-9-24(18(25)26)11-14-5-7-15(8-6-14)19(20,21)22/h5-8H,3-4,9-11H2,1-2H3. The van der Waals surface area contributed by atoms with Crippen LogP contribution >= 0.6 is 11.3 Å². The van der Waals surface area contributed by atoms with Gasteiger partial charge in [-0.25, -0.2) is 9.78 Å². The minimum absolute atomic E-state index is 0.220. The Bertz CT molecular complexity index is 878. The lowest BCUT2D eigenvalue weighted by molar-refractivity contribution is -0.137. The molecule has 0 spiro atoms. The number of nitrogens with zero attached hydrogens (tertiary/aromatic N) is 3. The number of carbonyl (C=O) groups excluding carboxylic acids is 1. The van der Waals surface area contributed by atoms with Crippen LogP contribution < -0.4 is 4.90 Å². The highest BCUT2D eigenvalue weighted by Gasteiger charge is 2.33. The van der Waals surface area contributed by atoms with Gasteiger partial charge in [-0.1, -0.05) is 30.0 Å². The average molecular weight is 411 g/mol. The number of ether oxygens (including phenoxy) is 1. The topological polar surface area (TPSA) is 45.7 Å². The van der Waals surface area contributed by atoms with E-state index in [-0.39, 0.29) is 12.6 Å². The molecule has 28 heavy (non-hydrogen) atoms. The first-order chi connectivity index (χ1) is 13.2. The molecule has 1 fully saturated rings. The third-order valence-corrected chi connectivity index (χ3v) is 5.56. The van der Waals surface area contributed by atoms with Gasteiger partial charge in [0.05, 0.1) is 22.7 Å². The average Bonchev–Trinajstić information content (AvgIpc) is 3.18. The lowest BCUT2D eigenvalue weighted by Crippen LogP contribution is -2.31. The maximum absolute atomic E-state index is 12.7. The lowest BCUT2D eigenvalue weighted by atomic mass is 10.1. The molecule has 1 aliphatic heterocycles. The summed E-state index contributed by atoms with van der Waals surface area (Å²) in [5.74, 6) is 0.525. The maximum Gasteiger partial charge on any atom is 0.416 e. The van der Waals surface area contributed by atoms with Crippen molar-refractivity contribution in [1.29, 1.82) is 0 Å². The summed E-state index contributed by atoms with van der Waals surface area (Å²) in [6.07, 6.45) is -4.37. The highest BCUT2D eigenvalue weighted by molar-refractivity contribution is 7.16. The Morgan fingerprint density at radius 3 is 2.57 bits per heavy atom. The molecule has 1 aromatic heterocycles. The van der Waals surface area contributed by atoms with Crippen LogP contribution in [-0.2, 0) is 17.5 Å². The van der Waals surface area contributed by atoms with Crippen LogP contribution in [0.5, 0.6) is 0 Å². The number of amides is 2. The van der Waals surface area contributed by atoms with Crippen molar-refractivity contribution in [3.8, 4) is 0 Å². The number of hydrogen-bond donors (Lipinski definition) is 0. The van der Waals surface area contributed by atoms with E-state index in [0.29, 0.717) is 36.2 Å². The summed E-state index contributed by atoms with van der Waals surface area (Å²) in [4.78, 5) is 21.2. The normalized spacial score (nSPS) is 14.7. The number of anilines is 1. The Hall–Kier alpha value is -2.55. The molecule has 0 bridgehead atoms. The molecule has 0 unspecified atom stereocenters. The molecule has 0 atom stereocenters. The van der Waals surface area contributed by atoms with E-state index in [0.717, 1.165) is 22.7 Å². The zero-order valence-electron chi connectivity index (χ0n) is 15.5. The first-order valence-corrected chi connectivity index (χ1v) is 9.54. The van der Waals surface area contributed by atoms with Gasteiger partial charge in [-0.2, -0.15) is 13.2 Å². The zero-order valence-corrected chi connectivity index (χ0v) is 16.4. The van der Waals surface area contributed by atoms with Crippen molar-refractivity contribution >= 4 is 28.3 Å². The quantitative estimate of drug-likeness (QED) is 0.634. The fourth-order valence-electron chi connectivity index (χ4n) is 2.92. The fourth-order valence-corrected chi connectivity index (χ4v) is 3.93. The molecule has 150 valence electrons. The highest BCUT2D eigenvalue weighted by Crippen LogP contribution is 2.33. The second-order valence-corrected chi connectivity index (χ2v) is 7.30. The second-order valence-electron chi connectivity index (χ2n) is 6.32. The van der Waals surface area contributed by atoms with Gasteiger partial charge in [0.25, 0.3) is 0 Å². The molecule has 0 N–H and O–H groups in total.